The Morgan fingerprint density at radius 2 is 1.70 bits per heavy atom. The van der Waals surface area contributed by atoms with Gasteiger partial charge in [-0.1, -0.05) is 54.6 Å². The van der Waals surface area contributed by atoms with Crippen LogP contribution < -0.4 is 10.1 Å². The second kappa shape index (κ2) is 9.02. The predicted octanol–water partition coefficient (Wildman–Crippen LogP) is 5.07. The van der Waals surface area contributed by atoms with Gasteiger partial charge < -0.3 is 15.0 Å². The molecule has 1 spiro atoms. The topological polar surface area (TPSA) is 88.6 Å². The Morgan fingerprint density at radius 1 is 0.925 bits per heavy atom. The van der Waals surface area contributed by atoms with Crippen LogP contribution in [-0.4, -0.2) is 40.5 Å². The molecule has 3 aliphatic rings. The van der Waals surface area contributed by atoms with E-state index in [1.54, 1.807) is 42.6 Å². The number of ketones is 2. The molecule has 7 nitrogen and oxygen atoms in total. The third-order valence-electron chi connectivity index (χ3n) is 8.44. The predicted molar refractivity (Wildman–Crippen MR) is 150 cm³/mol. The number of hydrogen-bond acceptors (Lipinski definition) is 6. The molecule has 4 atom stereocenters. The van der Waals surface area contributed by atoms with Crippen LogP contribution in [0, 0.1) is 5.92 Å². The van der Waals surface area contributed by atoms with Gasteiger partial charge in [0.05, 0.1) is 24.6 Å². The number of anilines is 1. The average molecular weight is 528 g/mol. The molecule has 0 radical (unpaired) electrons. The number of ether oxygens (including phenoxy) is 1. The Hall–Kier alpha value is -5.04. The van der Waals surface area contributed by atoms with Crippen molar-refractivity contribution in [2.45, 2.75) is 17.5 Å². The van der Waals surface area contributed by atoms with Crippen LogP contribution in [0.15, 0.2) is 104 Å². The lowest BCUT2D eigenvalue weighted by atomic mass is 9.62. The molecule has 1 N–H and O–H groups in total. The Balaban J connectivity index is 1.55. The number of amides is 1. The smallest absolute Gasteiger partial charge is 0.238 e. The maximum Gasteiger partial charge on any atom is 0.238 e. The number of nitrogens with zero attached hydrogens (tertiary/aromatic N) is 2. The fraction of sp³-hybridized carbons (Fsp3) is 0.152. The second-order valence-electron chi connectivity index (χ2n) is 10.3. The highest BCUT2D eigenvalue weighted by atomic mass is 16.5. The van der Waals surface area contributed by atoms with Crippen molar-refractivity contribution in [1.82, 2.24) is 9.88 Å². The lowest BCUT2D eigenvalue weighted by Gasteiger charge is -2.38. The van der Waals surface area contributed by atoms with Crippen LogP contribution in [-0.2, 0) is 10.2 Å². The van der Waals surface area contributed by atoms with E-state index in [2.05, 4.69) is 10.3 Å². The molecule has 0 bridgehead atoms. The molecular weight excluding hydrogens is 502 g/mol. The number of hydrogen-bond donors (Lipinski definition) is 1. The van der Waals surface area contributed by atoms with Crippen molar-refractivity contribution in [3.8, 4) is 5.75 Å². The standard InChI is InChI=1S/C33H25N3O4/c1-40-26-15-7-4-12-23(26)30(38)28-27(29(37)21-10-8-17-34-19-21)33(24-13-5-6-14-25(24)35-32(33)39)31-22-11-3-2-9-20(22)16-18-36(28)31/h2-19,27-28,31H,1H3,(H,35,39)/t27-,28-,31+,33+/m0/s1. The monoisotopic (exact) mass is 527 g/mol. The van der Waals surface area contributed by atoms with E-state index >= 15 is 0 Å². The maximum atomic E-state index is 14.7. The molecular formula is C33H25N3O4. The SMILES string of the molecule is COc1ccccc1C(=O)[C@@H]1[C@@H](C(=O)c2cccnc2)[C@@]2(C(=O)Nc3ccccc32)[C@H]2c3ccccc3C=CN12. The van der Waals surface area contributed by atoms with Crippen LogP contribution in [0.25, 0.3) is 6.08 Å². The first kappa shape index (κ1) is 24.0. The number of aromatic nitrogens is 1. The molecule has 1 aromatic heterocycles. The summed E-state index contributed by atoms with van der Waals surface area (Å²) >= 11 is 0. The van der Waals surface area contributed by atoms with Gasteiger partial charge in [0.15, 0.2) is 11.6 Å². The number of rotatable bonds is 5. The van der Waals surface area contributed by atoms with Crippen LogP contribution in [0.3, 0.4) is 0 Å². The zero-order valence-corrected chi connectivity index (χ0v) is 21.7. The molecule has 7 rings (SSSR count). The number of fused-ring (bicyclic) bond motifs is 6. The summed E-state index contributed by atoms with van der Waals surface area (Å²) in [5, 5.41) is 3.06. The molecule has 4 heterocycles. The molecule has 40 heavy (non-hydrogen) atoms. The summed E-state index contributed by atoms with van der Waals surface area (Å²) in [6.45, 7) is 0. The summed E-state index contributed by atoms with van der Waals surface area (Å²) in [6, 6.07) is 24.1. The molecule has 0 unspecified atom stereocenters. The molecule has 3 aromatic carbocycles. The number of nitrogens with one attached hydrogen (secondary N) is 1. The Kier molecular flexibility index (Phi) is 5.42. The first-order chi connectivity index (χ1) is 19.6. The van der Waals surface area contributed by atoms with E-state index in [1.807, 2.05) is 65.7 Å². The number of carbonyl (C=O) groups is 3. The van der Waals surface area contributed by atoms with Gasteiger partial charge in [-0.3, -0.25) is 19.4 Å². The summed E-state index contributed by atoms with van der Waals surface area (Å²) in [6.07, 6.45) is 6.90. The number of benzene rings is 3. The molecule has 1 amide bonds. The van der Waals surface area contributed by atoms with Gasteiger partial charge in [0, 0.05) is 29.8 Å². The summed E-state index contributed by atoms with van der Waals surface area (Å²) in [4.78, 5) is 49.8. The summed E-state index contributed by atoms with van der Waals surface area (Å²) < 4.78 is 5.56. The zero-order chi connectivity index (χ0) is 27.4. The van der Waals surface area contributed by atoms with Gasteiger partial charge in [0.25, 0.3) is 0 Å². The minimum Gasteiger partial charge on any atom is -0.496 e. The van der Waals surface area contributed by atoms with Gasteiger partial charge in [0.1, 0.15) is 17.2 Å². The first-order valence-electron chi connectivity index (χ1n) is 13.1. The third kappa shape index (κ3) is 3.18. The minimum absolute atomic E-state index is 0.289. The van der Waals surface area contributed by atoms with Crippen molar-refractivity contribution in [2.75, 3.05) is 12.4 Å². The second-order valence-corrected chi connectivity index (χ2v) is 10.3. The summed E-state index contributed by atoms with van der Waals surface area (Å²) in [5.41, 5.74) is 2.50. The Bertz CT molecular complexity index is 1720. The van der Waals surface area contributed by atoms with Crippen molar-refractivity contribution in [1.29, 1.82) is 0 Å². The first-order valence-corrected chi connectivity index (χ1v) is 13.1. The van der Waals surface area contributed by atoms with Crippen molar-refractivity contribution in [3.63, 3.8) is 0 Å². The summed E-state index contributed by atoms with van der Waals surface area (Å²) in [7, 11) is 1.51. The molecule has 0 saturated carbocycles. The summed E-state index contributed by atoms with van der Waals surface area (Å²) in [5.74, 6) is -1.54. The quantitative estimate of drug-likeness (QED) is 0.365. The molecule has 1 saturated heterocycles. The van der Waals surface area contributed by atoms with E-state index < -0.39 is 23.4 Å². The maximum absolute atomic E-state index is 14.7. The van der Waals surface area contributed by atoms with Crippen molar-refractivity contribution >= 4 is 29.2 Å². The highest BCUT2D eigenvalue weighted by molar-refractivity contribution is 6.17. The molecule has 3 aliphatic heterocycles. The molecule has 7 heteroatoms. The van der Waals surface area contributed by atoms with Crippen LogP contribution in [0.2, 0.25) is 0 Å². The van der Waals surface area contributed by atoms with Crippen LogP contribution in [0.4, 0.5) is 5.69 Å². The number of pyridine rings is 1. The van der Waals surface area contributed by atoms with Gasteiger partial charge in [-0.25, -0.2) is 0 Å². The van der Waals surface area contributed by atoms with Gasteiger partial charge in [-0.15, -0.1) is 0 Å². The van der Waals surface area contributed by atoms with E-state index in [0.717, 1.165) is 11.1 Å². The fourth-order valence-corrected chi connectivity index (χ4v) is 6.86. The van der Waals surface area contributed by atoms with Crippen molar-refractivity contribution in [2.24, 2.45) is 5.92 Å². The average Bonchev–Trinajstić information content (AvgIpc) is 3.49. The number of para-hydroxylation sites is 2. The number of carbonyl (C=O) groups excluding carboxylic acids is 3. The van der Waals surface area contributed by atoms with Crippen LogP contribution in [0.5, 0.6) is 5.75 Å². The highest BCUT2D eigenvalue weighted by Crippen LogP contribution is 2.62. The van der Waals surface area contributed by atoms with E-state index in [-0.39, 0.29) is 17.5 Å². The Morgan fingerprint density at radius 3 is 2.52 bits per heavy atom. The number of Topliss-reactive ketones (excluding diaryl/α,β-unsaturated/α-hetero) is 2. The van der Waals surface area contributed by atoms with Crippen LogP contribution >= 0.6 is 0 Å². The van der Waals surface area contributed by atoms with Gasteiger partial charge in [0.2, 0.25) is 5.91 Å². The largest absolute Gasteiger partial charge is 0.496 e. The van der Waals surface area contributed by atoms with E-state index in [0.29, 0.717) is 28.1 Å². The van der Waals surface area contributed by atoms with Crippen LogP contribution in [0.1, 0.15) is 43.4 Å². The lowest BCUT2D eigenvalue weighted by molar-refractivity contribution is -0.122. The van der Waals surface area contributed by atoms with Crippen molar-refractivity contribution < 1.29 is 19.1 Å². The normalized spacial score (nSPS) is 23.8. The van der Waals surface area contributed by atoms with E-state index in [9.17, 15) is 14.4 Å². The van der Waals surface area contributed by atoms with Gasteiger partial charge in [-0.2, -0.15) is 0 Å². The lowest BCUT2D eigenvalue weighted by Crippen LogP contribution is -2.49. The van der Waals surface area contributed by atoms with Gasteiger partial charge in [-0.05, 0) is 53.1 Å². The van der Waals surface area contributed by atoms with Crippen molar-refractivity contribution in [3.05, 3.63) is 131 Å². The zero-order valence-electron chi connectivity index (χ0n) is 21.7. The van der Waals surface area contributed by atoms with Gasteiger partial charge >= 0.3 is 0 Å². The fourth-order valence-electron chi connectivity index (χ4n) is 6.86. The molecule has 196 valence electrons. The number of methoxy groups -OCH3 is 1. The minimum atomic E-state index is -1.38. The molecule has 0 aliphatic carbocycles. The van der Waals surface area contributed by atoms with E-state index in [1.165, 1.54) is 13.3 Å². The van der Waals surface area contributed by atoms with E-state index in [4.69, 9.17) is 4.74 Å². The molecule has 1 fully saturated rings. The Labute approximate surface area is 231 Å². The third-order valence-corrected chi connectivity index (χ3v) is 8.44. The highest BCUT2D eigenvalue weighted by Gasteiger charge is 2.70. The molecule has 4 aromatic rings.